The maximum atomic E-state index is 3.79. The molecule has 2 aliphatic carbocycles. The molecule has 2 saturated carbocycles. The van der Waals surface area contributed by atoms with Gasteiger partial charge in [0.15, 0.2) is 0 Å². The van der Waals surface area contributed by atoms with Gasteiger partial charge in [0.1, 0.15) is 0 Å². The quantitative estimate of drug-likeness (QED) is 0.712. The van der Waals surface area contributed by atoms with Crippen LogP contribution in [0.4, 0.5) is 0 Å². The van der Waals surface area contributed by atoms with Crippen molar-refractivity contribution in [3.63, 3.8) is 0 Å². The Morgan fingerprint density at radius 1 is 1.06 bits per heavy atom. The first-order valence-corrected chi connectivity index (χ1v) is 8.32. The van der Waals surface area contributed by atoms with Gasteiger partial charge in [0.05, 0.1) is 0 Å². The second kappa shape index (κ2) is 7.49. The number of likely N-dealkylation sites (N-methyl/N-ethyl adjacent to an activating group) is 1. The molecule has 0 bridgehead atoms. The number of hydrogen-bond acceptors (Lipinski definition) is 2. The van der Waals surface area contributed by atoms with Crippen molar-refractivity contribution in [3.05, 3.63) is 0 Å². The Balaban J connectivity index is 1.81. The molecule has 1 N–H and O–H groups in total. The summed E-state index contributed by atoms with van der Waals surface area (Å²) in [6.45, 7) is 8.35. The summed E-state index contributed by atoms with van der Waals surface area (Å²) < 4.78 is 0. The Bertz CT molecular complexity index is 219. The molecule has 0 aliphatic heterocycles. The van der Waals surface area contributed by atoms with Crippen molar-refractivity contribution >= 4 is 0 Å². The summed E-state index contributed by atoms with van der Waals surface area (Å²) in [6, 6.07) is 1.65. The lowest BCUT2D eigenvalue weighted by atomic mass is 9.93. The van der Waals surface area contributed by atoms with Gasteiger partial charge in [0, 0.05) is 18.6 Å². The Labute approximate surface area is 114 Å². The minimum atomic E-state index is 0.770. The molecule has 106 valence electrons. The van der Waals surface area contributed by atoms with Crippen molar-refractivity contribution in [2.45, 2.75) is 77.3 Å². The molecule has 18 heavy (non-hydrogen) atoms. The van der Waals surface area contributed by atoms with Crippen molar-refractivity contribution in [3.8, 4) is 0 Å². The van der Waals surface area contributed by atoms with Crippen LogP contribution in [0, 0.1) is 5.92 Å². The van der Waals surface area contributed by atoms with E-state index in [2.05, 4.69) is 24.1 Å². The first kappa shape index (κ1) is 14.3. The molecular formula is C16H32N2. The molecule has 2 heteroatoms. The maximum Gasteiger partial charge on any atom is 0.0223 e. The summed E-state index contributed by atoms with van der Waals surface area (Å²) in [5, 5.41) is 3.79. The van der Waals surface area contributed by atoms with Gasteiger partial charge < -0.3 is 5.32 Å². The van der Waals surface area contributed by atoms with Crippen molar-refractivity contribution < 1.29 is 0 Å². The van der Waals surface area contributed by atoms with E-state index in [0.29, 0.717) is 0 Å². The molecule has 1 unspecified atom stereocenters. The summed E-state index contributed by atoms with van der Waals surface area (Å²) in [5.74, 6) is 0.981. The van der Waals surface area contributed by atoms with Gasteiger partial charge in [-0.2, -0.15) is 0 Å². The Morgan fingerprint density at radius 3 is 2.33 bits per heavy atom. The molecule has 0 aromatic carbocycles. The number of rotatable bonds is 8. The molecule has 2 rings (SSSR count). The second-order valence-corrected chi connectivity index (χ2v) is 6.28. The van der Waals surface area contributed by atoms with E-state index >= 15 is 0 Å². The van der Waals surface area contributed by atoms with Crippen LogP contribution in [0.5, 0.6) is 0 Å². The van der Waals surface area contributed by atoms with E-state index in [-0.39, 0.29) is 0 Å². The number of hydrogen-bond donors (Lipinski definition) is 1. The van der Waals surface area contributed by atoms with E-state index < -0.39 is 0 Å². The van der Waals surface area contributed by atoms with Crippen LogP contribution in [0.1, 0.15) is 65.2 Å². The molecule has 0 radical (unpaired) electrons. The normalized spacial score (nSPS) is 23.5. The highest BCUT2D eigenvalue weighted by Crippen LogP contribution is 2.34. The summed E-state index contributed by atoms with van der Waals surface area (Å²) in [7, 11) is 0. The topological polar surface area (TPSA) is 15.3 Å². The minimum Gasteiger partial charge on any atom is -0.312 e. The zero-order chi connectivity index (χ0) is 12.8. The SMILES string of the molecule is CCCNC(CN(CC)C1CCCCC1)C1CC1. The molecule has 2 fully saturated rings. The van der Waals surface area contributed by atoms with Gasteiger partial charge in [0.25, 0.3) is 0 Å². The summed E-state index contributed by atoms with van der Waals surface area (Å²) in [4.78, 5) is 2.77. The van der Waals surface area contributed by atoms with Gasteiger partial charge in [-0.1, -0.05) is 33.1 Å². The third kappa shape index (κ3) is 4.24. The van der Waals surface area contributed by atoms with E-state index in [9.17, 15) is 0 Å². The van der Waals surface area contributed by atoms with E-state index in [1.165, 1.54) is 71.0 Å². The van der Waals surface area contributed by atoms with E-state index in [4.69, 9.17) is 0 Å². The minimum absolute atomic E-state index is 0.770. The first-order chi connectivity index (χ1) is 8.85. The third-order valence-corrected chi connectivity index (χ3v) is 4.78. The fourth-order valence-electron chi connectivity index (χ4n) is 3.44. The third-order valence-electron chi connectivity index (χ3n) is 4.78. The van der Waals surface area contributed by atoms with Crippen LogP contribution in [0.3, 0.4) is 0 Å². The fourth-order valence-corrected chi connectivity index (χ4v) is 3.44. The molecule has 1 atom stereocenters. The lowest BCUT2D eigenvalue weighted by Crippen LogP contribution is -2.47. The average Bonchev–Trinajstić information content (AvgIpc) is 3.25. The lowest BCUT2D eigenvalue weighted by molar-refractivity contribution is 0.143. The van der Waals surface area contributed by atoms with Crippen LogP contribution in [0.25, 0.3) is 0 Å². The molecule has 2 nitrogen and oxygen atoms in total. The van der Waals surface area contributed by atoms with Crippen LogP contribution >= 0.6 is 0 Å². The molecule has 0 heterocycles. The smallest absolute Gasteiger partial charge is 0.0223 e. The highest BCUT2D eigenvalue weighted by Gasteiger charge is 2.33. The number of nitrogens with zero attached hydrogens (tertiary/aromatic N) is 1. The van der Waals surface area contributed by atoms with Gasteiger partial charge in [-0.3, -0.25) is 4.90 Å². The zero-order valence-electron chi connectivity index (χ0n) is 12.5. The highest BCUT2D eigenvalue weighted by atomic mass is 15.2. The molecule has 0 amide bonds. The molecule has 0 saturated heterocycles. The van der Waals surface area contributed by atoms with Crippen LogP contribution in [0.2, 0.25) is 0 Å². The van der Waals surface area contributed by atoms with Crippen molar-refractivity contribution in [1.29, 1.82) is 0 Å². The van der Waals surface area contributed by atoms with Gasteiger partial charge in [-0.25, -0.2) is 0 Å². The monoisotopic (exact) mass is 252 g/mol. The van der Waals surface area contributed by atoms with E-state index in [1.54, 1.807) is 0 Å². The number of nitrogens with one attached hydrogen (secondary N) is 1. The Morgan fingerprint density at radius 2 is 1.78 bits per heavy atom. The van der Waals surface area contributed by atoms with Crippen LogP contribution in [-0.2, 0) is 0 Å². The lowest BCUT2D eigenvalue weighted by Gasteiger charge is -2.36. The predicted molar refractivity (Wildman–Crippen MR) is 78.9 cm³/mol. The van der Waals surface area contributed by atoms with Gasteiger partial charge in [0.2, 0.25) is 0 Å². The first-order valence-electron chi connectivity index (χ1n) is 8.32. The standard InChI is InChI=1S/C16H32N2/c1-3-12-17-16(14-10-11-14)13-18(4-2)15-8-6-5-7-9-15/h14-17H,3-13H2,1-2H3. The maximum absolute atomic E-state index is 3.79. The fraction of sp³-hybridized carbons (Fsp3) is 1.00. The Kier molecular flexibility index (Phi) is 5.97. The average molecular weight is 252 g/mol. The zero-order valence-corrected chi connectivity index (χ0v) is 12.5. The molecule has 0 aromatic heterocycles. The van der Waals surface area contributed by atoms with Gasteiger partial charge >= 0.3 is 0 Å². The Hall–Kier alpha value is -0.0800. The summed E-state index contributed by atoms with van der Waals surface area (Å²) >= 11 is 0. The molecule has 0 spiro atoms. The largest absolute Gasteiger partial charge is 0.312 e. The van der Waals surface area contributed by atoms with Crippen molar-refractivity contribution in [1.82, 2.24) is 10.2 Å². The van der Waals surface area contributed by atoms with Gasteiger partial charge in [-0.15, -0.1) is 0 Å². The molecular weight excluding hydrogens is 220 g/mol. The van der Waals surface area contributed by atoms with Crippen molar-refractivity contribution in [2.75, 3.05) is 19.6 Å². The van der Waals surface area contributed by atoms with Crippen molar-refractivity contribution in [2.24, 2.45) is 5.92 Å². The van der Waals surface area contributed by atoms with E-state index in [1.807, 2.05) is 0 Å². The van der Waals surface area contributed by atoms with Crippen LogP contribution < -0.4 is 5.32 Å². The molecule has 0 aromatic rings. The molecule has 2 aliphatic rings. The summed E-state index contributed by atoms with van der Waals surface area (Å²) in [5.41, 5.74) is 0. The second-order valence-electron chi connectivity index (χ2n) is 6.28. The van der Waals surface area contributed by atoms with E-state index in [0.717, 1.165) is 18.0 Å². The van der Waals surface area contributed by atoms with Crippen LogP contribution in [0.15, 0.2) is 0 Å². The van der Waals surface area contributed by atoms with Crippen LogP contribution in [-0.4, -0.2) is 36.6 Å². The summed E-state index contributed by atoms with van der Waals surface area (Å²) in [6.07, 6.45) is 11.5. The predicted octanol–water partition coefficient (Wildman–Crippen LogP) is 3.42. The highest BCUT2D eigenvalue weighted by molar-refractivity contribution is 4.90. The van der Waals surface area contributed by atoms with Gasteiger partial charge in [-0.05, 0) is 51.1 Å².